The summed E-state index contributed by atoms with van der Waals surface area (Å²) >= 11 is 0. The maximum Gasteiger partial charge on any atom is 0.410 e. The van der Waals surface area contributed by atoms with Gasteiger partial charge in [-0.15, -0.1) is 0 Å². The Labute approximate surface area is 245 Å². The Hall–Kier alpha value is -5.17. The third kappa shape index (κ3) is 6.25. The van der Waals surface area contributed by atoms with Crippen LogP contribution in [0.5, 0.6) is 0 Å². The van der Waals surface area contributed by atoms with E-state index in [4.69, 9.17) is 9.47 Å². The van der Waals surface area contributed by atoms with Gasteiger partial charge in [0, 0.05) is 24.9 Å². The average Bonchev–Trinajstić information content (AvgIpc) is 3.26. The van der Waals surface area contributed by atoms with Gasteiger partial charge in [0.25, 0.3) is 0 Å². The lowest BCUT2D eigenvalue weighted by molar-refractivity contribution is -0.134. The van der Waals surface area contributed by atoms with Crippen LogP contribution in [0.15, 0.2) is 127 Å². The summed E-state index contributed by atoms with van der Waals surface area (Å²) in [6.45, 7) is 0.572. The molecule has 1 atom stereocenters. The third-order valence-electron chi connectivity index (χ3n) is 7.31. The summed E-state index contributed by atoms with van der Waals surface area (Å²) in [4.78, 5) is 43.8. The molecule has 212 valence electrons. The lowest BCUT2D eigenvalue weighted by Gasteiger charge is -2.32. The smallest absolute Gasteiger partial charge is 0.410 e. The van der Waals surface area contributed by atoms with Crippen LogP contribution in [-0.4, -0.2) is 36.5 Å². The quantitative estimate of drug-likeness (QED) is 0.175. The van der Waals surface area contributed by atoms with E-state index in [9.17, 15) is 14.4 Å². The molecule has 1 aliphatic heterocycles. The molecule has 7 heteroatoms. The number of esters is 1. The fraction of sp³-hybridized carbons (Fsp3) is 0.171. The van der Waals surface area contributed by atoms with Crippen LogP contribution in [0.3, 0.4) is 0 Å². The van der Waals surface area contributed by atoms with Crippen LogP contribution in [0.2, 0.25) is 0 Å². The van der Waals surface area contributed by atoms with Crippen LogP contribution < -0.4 is 4.90 Å². The number of amides is 2. The highest BCUT2D eigenvalue weighted by Crippen LogP contribution is 2.44. The molecule has 1 unspecified atom stereocenters. The number of nitrogens with zero attached hydrogens (tertiary/aromatic N) is 2. The van der Waals surface area contributed by atoms with Crippen molar-refractivity contribution >= 4 is 23.7 Å². The molecule has 42 heavy (non-hydrogen) atoms. The zero-order valence-corrected chi connectivity index (χ0v) is 23.4. The molecule has 0 saturated carbocycles. The van der Waals surface area contributed by atoms with Crippen molar-refractivity contribution in [3.63, 3.8) is 0 Å². The minimum atomic E-state index is -1.36. The number of para-hydroxylation sites is 1. The summed E-state index contributed by atoms with van der Waals surface area (Å²) in [6, 6.07) is 36.1. The van der Waals surface area contributed by atoms with Crippen molar-refractivity contribution in [1.82, 2.24) is 4.90 Å². The van der Waals surface area contributed by atoms with Crippen LogP contribution in [0.1, 0.15) is 22.3 Å². The molecule has 1 aliphatic rings. The van der Waals surface area contributed by atoms with Crippen LogP contribution in [-0.2, 0) is 44.2 Å². The average molecular weight is 561 g/mol. The zero-order chi connectivity index (χ0) is 29.4. The molecule has 0 spiro atoms. The lowest BCUT2D eigenvalue weighted by atomic mass is 9.80. The van der Waals surface area contributed by atoms with E-state index >= 15 is 0 Å². The van der Waals surface area contributed by atoms with Gasteiger partial charge in [0.1, 0.15) is 12.0 Å². The normalized spacial score (nSPS) is 15.8. The van der Waals surface area contributed by atoms with Crippen LogP contribution in [0.4, 0.5) is 10.5 Å². The predicted octanol–water partition coefficient (Wildman–Crippen LogP) is 6.04. The molecule has 1 heterocycles. The fourth-order valence-electron chi connectivity index (χ4n) is 5.22. The number of fused-ring (bicyclic) bond motifs is 1. The van der Waals surface area contributed by atoms with E-state index in [1.54, 1.807) is 11.0 Å². The standard InChI is InChI=1S/C35H32N2O5/c1-41-32(38)21-22-35(30-19-11-12-20-31(30)37(33(35)39)24-28-15-7-3-8-16-28)26-36(23-27-13-5-2-6-14-27)34(40)42-25-29-17-9-4-10-18-29/h2-22H,23-26H2,1H3/b22-21+. The summed E-state index contributed by atoms with van der Waals surface area (Å²) in [7, 11) is 1.29. The minimum absolute atomic E-state index is 0.0514. The SMILES string of the molecule is COC(=O)/C=C/C1(CN(Cc2ccccc2)C(=O)OCc2ccccc2)C(=O)N(Cc2ccccc2)c2ccccc21. The van der Waals surface area contributed by atoms with Crippen molar-refractivity contribution in [2.75, 3.05) is 18.6 Å². The highest BCUT2D eigenvalue weighted by Gasteiger charge is 2.51. The predicted molar refractivity (Wildman–Crippen MR) is 160 cm³/mol. The first-order valence-electron chi connectivity index (χ1n) is 13.7. The summed E-state index contributed by atoms with van der Waals surface area (Å²) in [6.07, 6.45) is 2.25. The number of hydrogen-bond acceptors (Lipinski definition) is 5. The van der Waals surface area contributed by atoms with Gasteiger partial charge in [-0.05, 0) is 28.3 Å². The number of benzene rings is 4. The first-order chi connectivity index (χ1) is 20.5. The third-order valence-corrected chi connectivity index (χ3v) is 7.31. The summed E-state index contributed by atoms with van der Waals surface area (Å²) in [5, 5.41) is 0. The summed E-state index contributed by atoms with van der Waals surface area (Å²) in [5.74, 6) is -0.843. The van der Waals surface area contributed by atoms with Crippen LogP contribution in [0.25, 0.3) is 0 Å². The van der Waals surface area contributed by atoms with Crippen molar-refractivity contribution in [2.24, 2.45) is 0 Å². The molecule has 0 radical (unpaired) electrons. The molecule has 5 rings (SSSR count). The number of carbonyl (C=O) groups is 3. The Morgan fingerprint density at radius 1 is 0.786 bits per heavy atom. The number of hydrogen-bond donors (Lipinski definition) is 0. The summed E-state index contributed by atoms with van der Waals surface area (Å²) < 4.78 is 10.6. The molecule has 4 aromatic rings. The Bertz CT molecular complexity index is 1560. The second-order valence-corrected chi connectivity index (χ2v) is 10.1. The maximum atomic E-state index is 14.5. The van der Waals surface area contributed by atoms with E-state index < -0.39 is 17.5 Å². The minimum Gasteiger partial charge on any atom is -0.466 e. The Balaban J connectivity index is 1.55. The highest BCUT2D eigenvalue weighted by atomic mass is 16.6. The van der Waals surface area contributed by atoms with Crippen LogP contribution >= 0.6 is 0 Å². The summed E-state index contributed by atoms with van der Waals surface area (Å²) in [5.41, 5.74) is 2.73. The van der Waals surface area contributed by atoms with Gasteiger partial charge in [-0.3, -0.25) is 4.79 Å². The molecule has 0 saturated heterocycles. The largest absolute Gasteiger partial charge is 0.466 e. The number of anilines is 1. The van der Waals surface area contributed by atoms with Gasteiger partial charge in [0.15, 0.2) is 0 Å². The van der Waals surface area contributed by atoms with E-state index in [0.29, 0.717) is 12.1 Å². The topological polar surface area (TPSA) is 76.1 Å². The number of methoxy groups -OCH3 is 1. The van der Waals surface area contributed by atoms with Crippen molar-refractivity contribution in [3.8, 4) is 0 Å². The van der Waals surface area contributed by atoms with Gasteiger partial charge in [-0.1, -0.05) is 115 Å². The molecular formula is C35H32N2O5. The van der Waals surface area contributed by atoms with Gasteiger partial charge in [0.05, 0.1) is 13.7 Å². The number of carbonyl (C=O) groups excluding carboxylic acids is 3. The molecule has 4 aromatic carbocycles. The van der Waals surface area contributed by atoms with E-state index in [1.807, 2.05) is 115 Å². The van der Waals surface area contributed by atoms with Gasteiger partial charge >= 0.3 is 12.1 Å². The molecule has 0 N–H and O–H groups in total. The molecule has 7 nitrogen and oxygen atoms in total. The Morgan fingerprint density at radius 2 is 1.36 bits per heavy atom. The molecule has 0 fully saturated rings. The van der Waals surface area contributed by atoms with Crippen molar-refractivity contribution in [1.29, 1.82) is 0 Å². The highest BCUT2D eigenvalue weighted by molar-refractivity contribution is 6.10. The molecule has 2 amide bonds. The van der Waals surface area contributed by atoms with Crippen molar-refractivity contribution in [3.05, 3.63) is 150 Å². The first kappa shape index (κ1) is 28.4. The molecule has 0 aliphatic carbocycles. The van der Waals surface area contributed by atoms with Crippen molar-refractivity contribution in [2.45, 2.75) is 25.1 Å². The van der Waals surface area contributed by atoms with Gasteiger partial charge < -0.3 is 19.3 Å². The van der Waals surface area contributed by atoms with Crippen LogP contribution in [0, 0.1) is 0 Å². The molecule has 0 bridgehead atoms. The van der Waals surface area contributed by atoms with Gasteiger partial charge in [0.2, 0.25) is 5.91 Å². The number of rotatable bonds is 10. The van der Waals surface area contributed by atoms with E-state index in [-0.39, 0.29) is 25.6 Å². The second-order valence-electron chi connectivity index (χ2n) is 10.1. The van der Waals surface area contributed by atoms with Crippen molar-refractivity contribution < 1.29 is 23.9 Å². The Morgan fingerprint density at radius 3 is 2.00 bits per heavy atom. The zero-order valence-electron chi connectivity index (χ0n) is 23.4. The monoisotopic (exact) mass is 560 g/mol. The van der Waals surface area contributed by atoms with E-state index in [1.165, 1.54) is 18.1 Å². The lowest BCUT2D eigenvalue weighted by Crippen LogP contribution is -2.48. The number of ether oxygens (including phenoxy) is 2. The van der Waals surface area contributed by atoms with Gasteiger partial charge in [-0.25, -0.2) is 9.59 Å². The van der Waals surface area contributed by atoms with E-state index in [2.05, 4.69) is 0 Å². The maximum absolute atomic E-state index is 14.5. The Kier molecular flexibility index (Phi) is 8.78. The molecule has 0 aromatic heterocycles. The second kappa shape index (κ2) is 13.0. The van der Waals surface area contributed by atoms with Gasteiger partial charge in [-0.2, -0.15) is 0 Å². The first-order valence-corrected chi connectivity index (χ1v) is 13.7. The molecular weight excluding hydrogens is 528 g/mol. The van der Waals surface area contributed by atoms with E-state index in [0.717, 1.165) is 22.4 Å². The fourth-order valence-corrected chi connectivity index (χ4v) is 5.22.